The molecule has 0 bridgehead atoms. The second kappa shape index (κ2) is 6.38. The van der Waals surface area contributed by atoms with E-state index in [9.17, 15) is 0 Å². The van der Waals surface area contributed by atoms with Gasteiger partial charge in [0.05, 0.1) is 11.2 Å². The molecule has 0 amide bonds. The Balaban J connectivity index is 1.98. The maximum absolute atomic E-state index is 6.40. The Bertz CT molecular complexity index is 651. The average molecular weight is 322 g/mol. The smallest absolute Gasteiger partial charge is 0.403 e. The number of hydrogen-bond acceptors (Lipinski definition) is 2. The van der Waals surface area contributed by atoms with Crippen LogP contribution >= 0.6 is 0 Å². The van der Waals surface area contributed by atoms with Crippen LogP contribution in [0.25, 0.3) is 0 Å². The van der Waals surface area contributed by atoms with Crippen molar-refractivity contribution in [2.45, 2.75) is 57.6 Å². The summed E-state index contributed by atoms with van der Waals surface area (Å²) in [6.07, 6.45) is 0. The highest BCUT2D eigenvalue weighted by Crippen LogP contribution is 2.45. The third kappa shape index (κ3) is 3.15. The predicted molar refractivity (Wildman–Crippen MR) is 100 cm³/mol. The van der Waals surface area contributed by atoms with Crippen molar-refractivity contribution in [2.24, 2.45) is 0 Å². The Kier molecular flexibility index (Phi) is 4.59. The van der Waals surface area contributed by atoms with E-state index in [0.717, 1.165) is 0 Å². The summed E-state index contributed by atoms with van der Waals surface area (Å²) in [6.45, 7) is 10.7. The van der Waals surface area contributed by atoms with Crippen LogP contribution in [0.15, 0.2) is 60.7 Å². The highest BCUT2D eigenvalue weighted by atomic mass is 16.7. The van der Waals surface area contributed by atoms with Gasteiger partial charge in [-0.2, -0.15) is 0 Å². The molecular weight excluding hydrogens is 295 g/mol. The minimum atomic E-state index is -0.318. The minimum absolute atomic E-state index is 0.148. The molecule has 0 spiro atoms. The second-order valence-corrected chi connectivity index (χ2v) is 7.76. The van der Waals surface area contributed by atoms with Gasteiger partial charge in [-0.1, -0.05) is 67.6 Å². The summed E-state index contributed by atoms with van der Waals surface area (Å²) in [7, 11) is -0.257. The highest BCUT2D eigenvalue weighted by Gasteiger charge is 2.54. The fourth-order valence-electron chi connectivity index (χ4n) is 3.36. The molecule has 0 saturated carbocycles. The first-order valence-corrected chi connectivity index (χ1v) is 8.77. The van der Waals surface area contributed by atoms with Crippen molar-refractivity contribution in [3.05, 3.63) is 71.8 Å². The number of hydrogen-bond donors (Lipinski definition) is 0. The maximum Gasteiger partial charge on any atom is 0.466 e. The van der Waals surface area contributed by atoms with Crippen molar-refractivity contribution in [3.8, 4) is 0 Å². The van der Waals surface area contributed by atoms with Gasteiger partial charge in [0.25, 0.3) is 0 Å². The summed E-state index contributed by atoms with van der Waals surface area (Å²) in [5, 5.41) is 0. The van der Waals surface area contributed by atoms with Crippen molar-refractivity contribution in [1.82, 2.24) is 0 Å². The third-order valence-corrected chi connectivity index (χ3v) is 5.61. The predicted octanol–water partition coefficient (Wildman–Crippen LogP) is 5.21. The molecule has 1 aliphatic heterocycles. The van der Waals surface area contributed by atoms with Crippen LogP contribution in [0.5, 0.6) is 0 Å². The van der Waals surface area contributed by atoms with E-state index in [0.29, 0.717) is 5.92 Å². The van der Waals surface area contributed by atoms with Gasteiger partial charge in [0.2, 0.25) is 0 Å². The minimum Gasteiger partial charge on any atom is -0.403 e. The molecule has 2 aromatic rings. The molecule has 0 aliphatic carbocycles. The van der Waals surface area contributed by atoms with Crippen molar-refractivity contribution in [2.75, 3.05) is 0 Å². The van der Waals surface area contributed by atoms with Crippen molar-refractivity contribution in [1.29, 1.82) is 0 Å². The summed E-state index contributed by atoms with van der Waals surface area (Å²) >= 11 is 0. The molecular formula is C21H27BO2. The van der Waals surface area contributed by atoms with Crippen LogP contribution in [-0.2, 0) is 9.31 Å². The summed E-state index contributed by atoms with van der Waals surface area (Å²) in [5.74, 6) is 0.443. The van der Waals surface area contributed by atoms with Crippen LogP contribution in [0.2, 0.25) is 0 Å². The van der Waals surface area contributed by atoms with Crippen LogP contribution in [-0.4, -0.2) is 18.3 Å². The van der Waals surface area contributed by atoms with E-state index >= 15 is 0 Å². The third-order valence-electron chi connectivity index (χ3n) is 5.61. The summed E-state index contributed by atoms with van der Waals surface area (Å²) < 4.78 is 12.8. The van der Waals surface area contributed by atoms with Gasteiger partial charge in [0.15, 0.2) is 0 Å². The molecule has 2 aromatic carbocycles. The zero-order valence-electron chi connectivity index (χ0n) is 15.3. The Morgan fingerprint density at radius 1 is 0.708 bits per heavy atom. The van der Waals surface area contributed by atoms with Crippen LogP contribution in [0.1, 0.15) is 57.5 Å². The first-order chi connectivity index (χ1) is 11.3. The molecule has 126 valence electrons. The Morgan fingerprint density at radius 2 is 1.12 bits per heavy atom. The van der Waals surface area contributed by atoms with Crippen LogP contribution in [0, 0.1) is 0 Å². The van der Waals surface area contributed by atoms with Crippen LogP contribution in [0.3, 0.4) is 0 Å². The molecule has 3 rings (SSSR count). The van der Waals surface area contributed by atoms with Gasteiger partial charge in [0, 0.05) is 5.82 Å². The van der Waals surface area contributed by atoms with Gasteiger partial charge in [-0.15, -0.1) is 0 Å². The van der Waals surface area contributed by atoms with E-state index in [1.165, 1.54) is 11.1 Å². The van der Waals surface area contributed by atoms with E-state index in [-0.39, 0.29) is 24.1 Å². The quantitative estimate of drug-likeness (QED) is 0.720. The van der Waals surface area contributed by atoms with Gasteiger partial charge in [-0.05, 0) is 44.7 Å². The lowest BCUT2D eigenvalue weighted by Gasteiger charge is -2.32. The van der Waals surface area contributed by atoms with Crippen LogP contribution < -0.4 is 0 Å². The van der Waals surface area contributed by atoms with Gasteiger partial charge in [-0.25, -0.2) is 0 Å². The molecule has 24 heavy (non-hydrogen) atoms. The van der Waals surface area contributed by atoms with Crippen molar-refractivity contribution < 1.29 is 9.31 Å². The van der Waals surface area contributed by atoms with Gasteiger partial charge in [0.1, 0.15) is 0 Å². The van der Waals surface area contributed by atoms with E-state index < -0.39 is 0 Å². The molecule has 1 heterocycles. The van der Waals surface area contributed by atoms with E-state index in [1.54, 1.807) is 0 Å². The Hall–Kier alpha value is -1.58. The zero-order valence-corrected chi connectivity index (χ0v) is 15.3. The first-order valence-electron chi connectivity index (χ1n) is 8.77. The molecule has 0 N–H and O–H groups in total. The Morgan fingerprint density at radius 3 is 1.58 bits per heavy atom. The van der Waals surface area contributed by atoms with Crippen LogP contribution in [0.4, 0.5) is 0 Å². The number of benzene rings is 2. The fraction of sp³-hybridized carbons (Fsp3) is 0.429. The lowest BCUT2D eigenvalue weighted by molar-refractivity contribution is 0.00578. The lowest BCUT2D eigenvalue weighted by Crippen LogP contribution is -2.41. The second-order valence-electron chi connectivity index (χ2n) is 7.76. The summed E-state index contributed by atoms with van der Waals surface area (Å²) in [5.41, 5.74) is 1.93. The molecule has 2 unspecified atom stereocenters. The molecule has 2 nitrogen and oxygen atoms in total. The summed E-state index contributed by atoms with van der Waals surface area (Å²) in [6, 6.07) is 21.2. The molecule has 2 atom stereocenters. The van der Waals surface area contributed by atoms with E-state index in [2.05, 4.69) is 95.3 Å². The zero-order chi connectivity index (χ0) is 17.4. The lowest BCUT2D eigenvalue weighted by atomic mass is 9.60. The SMILES string of the molecule is CC(c1ccccc1)C(B1OC(C)(C)C(C)(C)O1)c1ccccc1. The molecule has 1 fully saturated rings. The van der Waals surface area contributed by atoms with Crippen molar-refractivity contribution >= 4 is 7.12 Å². The van der Waals surface area contributed by atoms with Crippen molar-refractivity contribution in [3.63, 3.8) is 0 Å². The van der Waals surface area contributed by atoms with Gasteiger partial charge >= 0.3 is 7.12 Å². The molecule has 1 saturated heterocycles. The molecule has 0 radical (unpaired) electrons. The monoisotopic (exact) mass is 322 g/mol. The first kappa shape index (κ1) is 17.3. The summed E-state index contributed by atoms with van der Waals surface area (Å²) in [4.78, 5) is 0. The number of rotatable bonds is 4. The molecule has 0 aromatic heterocycles. The standard InChI is InChI=1S/C21H27BO2/c1-16(17-12-8-6-9-13-17)19(18-14-10-7-11-15-18)22-23-20(2,3)21(4,5)24-22/h6-16,19H,1-5H3. The normalized spacial score (nSPS) is 21.5. The highest BCUT2D eigenvalue weighted by molar-refractivity contribution is 6.48. The molecule has 3 heteroatoms. The fourth-order valence-corrected chi connectivity index (χ4v) is 3.36. The largest absolute Gasteiger partial charge is 0.466 e. The van der Waals surface area contributed by atoms with Gasteiger partial charge in [-0.3, -0.25) is 0 Å². The topological polar surface area (TPSA) is 18.5 Å². The van der Waals surface area contributed by atoms with Gasteiger partial charge < -0.3 is 9.31 Å². The van der Waals surface area contributed by atoms with E-state index in [4.69, 9.17) is 9.31 Å². The molecule has 1 aliphatic rings. The van der Waals surface area contributed by atoms with E-state index in [1.807, 2.05) is 0 Å². The average Bonchev–Trinajstić information content (AvgIpc) is 2.77. The maximum atomic E-state index is 6.40. The Labute approximate surface area is 146 Å².